The minimum absolute atomic E-state index is 0.0152. The topological polar surface area (TPSA) is 107 Å². The van der Waals surface area contributed by atoms with Crippen molar-refractivity contribution in [2.24, 2.45) is 10.9 Å². The molecule has 0 saturated heterocycles. The minimum atomic E-state index is -0.938. The Morgan fingerprint density at radius 1 is 1.26 bits per heavy atom. The lowest BCUT2D eigenvalue weighted by atomic mass is 9.77. The van der Waals surface area contributed by atoms with Crippen LogP contribution in [0.4, 0.5) is 11.4 Å². The van der Waals surface area contributed by atoms with E-state index in [4.69, 9.17) is 0 Å². The van der Waals surface area contributed by atoms with Crippen LogP contribution in [0.2, 0.25) is 0 Å². The van der Waals surface area contributed by atoms with Crippen molar-refractivity contribution in [1.29, 1.82) is 0 Å². The molecule has 0 fully saturated rings. The van der Waals surface area contributed by atoms with Gasteiger partial charge in [-0.05, 0) is 56.9 Å². The quantitative estimate of drug-likeness (QED) is 0.509. The van der Waals surface area contributed by atoms with E-state index in [0.717, 1.165) is 28.3 Å². The van der Waals surface area contributed by atoms with Crippen molar-refractivity contribution in [1.82, 2.24) is 10.3 Å². The number of aliphatic hydroxyl groups is 1. The zero-order valence-electron chi connectivity index (χ0n) is 18.5. The maximum atomic E-state index is 13.1. The molecule has 0 spiro atoms. The number of carbonyl (C=O) groups excluding carboxylic acids is 2. The number of aromatic nitrogens is 1. The number of hydrogen-bond donors (Lipinski definition) is 4. The summed E-state index contributed by atoms with van der Waals surface area (Å²) < 4.78 is 0. The van der Waals surface area contributed by atoms with E-state index in [1.54, 1.807) is 20.1 Å². The largest absolute Gasteiger partial charge is 0.390 e. The van der Waals surface area contributed by atoms with Crippen molar-refractivity contribution < 1.29 is 14.7 Å². The zero-order valence-corrected chi connectivity index (χ0v) is 18.5. The number of benzene rings is 1. The van der Waals surface area contributed by atoms with E-state index in [2.05, 4.69) is 20.6 Å². The zero-order chi connectivity index (χ0) is 22.6. The number of nitrogens with zero attached hydrogens (tertiary/aromatic N) is 1. The highest BCUT2D eigenvalue weighted by Gasteiger charge is 2.37. The fraction of sp³-hybridized carbons (Fsp3) is 0.375. The molecule has 4 N–H and O–H groups in total. The summed E-state index contributed by atoms with van der Waals surface area (Å²) in [5.74, 6) is -0.266. The predicted molar refractivity (Wildman–Crippen MR) is 124 cm³/mol. The molecule has 31 heavy (non-hydrogen) atoms. The number of ketones is 1. The molecule has 1 aliphatic carbocycles. The summed E-state index contributed by atoms with van der Waals surface area (Å²) in [6, 6.07) is 9.71. The van der Waals surface area contributed by atoms with Crippen molar-refractivity contribution in [3.05, 3.63) is 53.4 Å². The molecule has 2 aromatic rings. The molecule has 0 aliphatic heterocycles. The van der Waals surface area contributed by atoms with Crippen molar-refractivity contribution in [3.8, 4) is 0 Å². The van der Waals surface area contributed by atoms with Crippen LogP contribution in [0, 0.1) is 5.92 Å². The Morgan fingerprint density at radius 3 is 2.61 bits per heavy atom. The van der Waals surface area contributed by atoms with Gasteiger partial charge in [0.25, 0.3) is 0 Å². The van der Waals surface area contributed by atoms with Crippen molar-refractivity contribution in [3.63, 3.8) is 0 Å². The van der Waals surface area contributed by atoms with Crippen LogP contribution in [-0.2, 0) is 11.2 Å². The number of aromatic amines is 1. The summed E-state index contributed by atoms with van der Waals surface area (Å²) in [6.45, 7) is 7.09. The van der Waals surface area contributed by atoms with Crippen LogP contribution >= 0.6 is 0 Å². The second kappa shape index (κ2) is 9.31. The molecule has 1 amide bonds. The molecule has 3 rings (SSSR count). The van der Waals surface area contributed by atoms with E-state index in [-0.39, 0.29) is 24.3 Å². The first-order valence-corrected chi connectivity index (χ1v) is 10.4. The number of hydrogen-bond acceptors (Lipinski definition) is 5. The molecule has 0 bridgehead atoms. The lowest BCUT2D eigenvalue weighted by Crippen LogP contribution is -2.37. The Balaban J connectivity index is 1.98. The number of amides is 1. The first kappa shape index (κ1) is 22.5. The molecule has 7 nitrogen and oxygen atoms in total. The fourth-order valence-electron chi connectivity index (χ4n) is 3.70. The van der Waals surface area contributed by atoms with Crippen LogP contribution in [0.3, 0.4) is 0 Å². The third kappa shape index (κ3) is 5.49. The number of para-hydroxylation sites is 1. The van der Waals surface area contributed by atoms with Crippen LogP contribution in [0.15, 0.2) is 41.4 Å². The number of carbonyl (C=O) groups is 2. The molecular formula is C24H30N4O3. The van der Waals surface area contributed by atoms with Gasteiger partial charge in [0, 0.05) is 30.9 Å². The Morgan fingerprint density at radius 2 is 1.97 bits per heavy atom. The van der Waals surface area contributed by atoms with Crippen molar-refractivity contribution >= 4 is 34.9 Å². The molecule has 0 radical (unpaired) electrons. The second-order valence-corrected chi connectivity index (χ2v) is 8.47. The third-order valence-electron chi connectivity index (χ3n) is 5.52. The normalized spacial score (nSPS) is 17.0. The highest BCUT2D eigenvalue weighted by Crippen LogP contribution is 2.40. The van der Waals surface area contributed by atoms with Gasteiger partial charge >= 0.3 is 0 Å². The van der Waals surface area contributed by atoms with E-state index in [1.807, 2.05) is 43.3 Å². The first-order valence-electron chi connectivity index (χ1n) is 10.4. The van der Waals surface area contributed by atoms with Gasteiger partial charge in [0.1, 0.15) is 6.67 Å². The Bertz CT molecular complexity index is 1010. The number of nitrogens with one attached hydrogen (secondary N) is 3. The second-order valence-electron chi connectivity index (χ2n) is 8.47. The summed E-state index contributed by atoms with van der Waals surface area (Å²) in [7, 11) is 0. The van der Waals surface area contributed by atoms with Gasteiger partial charge in [0.2, 0.25) is 5.91 Å². The van der Waals surface area contributed by atoms with Crippen molar-refractivity contribution in [2.75, 3.05) is 12.0 Å². The van der Waals surface area contributed by atoms with Gasteiger partial charge in [-0.1, -0.05) is 18.2 Å². The molecule has 1 unspecified atom stereocenters. The standard InChI is InChI=1S/C24H30N4O3/c1-15(10-11-25-14-26-16(2)29)22-23(27-18-8-6-5-7-9-18)21-19(28-22)12-17(13-20(21)30)24(3,4)31/h5-11,17,27-28,31H,12-14H2,1-4H3,(H,26,29)/b15-10+,25-11-. The molecule has 0 saturated carbocycles. The summed E-state index contributed by atoms with van der Waals surface area (Å²) in [5, 5.41) is 16.5. The van der Waals surface area contributed by atoms with E-state index in [9.17, 15) is 14.7 Å². The number of Topliss-reactive ketones (excluding diaryl/α,β-unsaturated/α-hetero) is 1. The summed E-state index contributed by atoms with van der Waals surface area (Å²) in [4.78, 5) is 31.6. The SMILES string of the molecule is CC(=O)NC/N=C\C=C(/C)c1[nH]c2c(c1Nc1ccccc1)C(=O)CC(C(C)(C)O)C2. The molecule has 1 atom stereocenters. The van der Waals surface area contributed by atoms with Gasteiger partial charge in [-0.3, -0.25) is 14.6 Å². The highest BCUT2D eigenvalue weighted by atomic mass is 16.3. The van der Waals surface area contributed by atoms with E-state index >= 15 is 0 Å². The maximum Gasteiger partial charge on any atom is 0.218 e. The smallest absolute Gasteiger partial charge is 0.218 e. The van der Waals surface area contributed by atoms with Crippen LogP contribution in [-0.4, -0.2) is 40.3 Å². The van der Waals surface area contributed by atoms with Crippen molar-refractivity contribution in [2.45, 2.75) is 46.1 Å². The number of H-pyrrole nitrogens is 1. The van der Waals surface area contributed by atoms with E-state index in [0.29, 0.717) is 18.4 Å². The first-order chi connectivity index (χ1) is 14.7. The Labute approximate surface area is 182 Å². The monoisotopic (exact) mass is 422 g/mol. The molecular weight excluding hydrogens is 392 g/mol. The average Bonchev–Trinajstić information content (AvgIpc) is 3.06. The number of fused-ring (bicyclic) bond motifs is 1. The maximum absolute atomic E-state index is 13.1. The van der Waals surface area contributed by atoms with E-state index in [1.165, 1.54) is 6.92 Å². The van der Waals surface area contributed by atoms with Crippen LogP contribution in [0.25, 0.3) is 5.57 Å². The molecule has 164 valence electrons. The summed E-state index contributed by atoms with van der Waals surface area (Å²) >= 11 is 0. The number of allylic oxidation sites excluding steroid dienone is 2. The number of rotatable bonds is 7. The van der Waals surface area contributed by atoms with Crippen LogP contribution in [0.5, 0.6) is 0 Å². The van der Waals surface area contributed by atoms with Crippen LogP contribution < -0.4 is 10.6 Å². The molecule has 7 heteroatoms. The van der Waals surface area contributed by atoms with Gasteiger partial charge in [0.15, 0.2) is 5.78 Å². The number of anilines is 2. The molecule has 1 aliphatic rings. The molecule has 1 aromatic heterocycles. The average molecular weight is 423 g/mol. The lowest BCUT2D eigenvalue weighted by Gasteiger charge is -2.31. The van der Waals surface area contributed by atoms with Crippen LogP contribution in [0.1, 0.15) is 55.9 Å². The van der Waals surface area contributed by atoms with Gasteiger partial charge in [-0.25, -0.2) is 0 Å². The Kier molecular flexibility index (Phi) is 6.75. The number of aliphatic imine (C=N–C) groups is 1. The third-order valence-corrected chi connectivity index (χ3v) is 5.52. The fourth-order valence-corrected chi connectivity index (χ4v) is 3.70. The minimum Gasteiger partial charge on any atom is -0.390 e. The molecule has 1 heterocycles. The Hall–Kier alpha value is -3.19. The molecule has 1 aromatic carbocycles. The van der Waals surface area contributed by atoms with Gasteiger partial charge in [-0.15, -0.1) is 0 Å². The van der Waals surface area contributed by atoms with Gasteiger partial charge in [-0.2, -0.15) is 0 Å². The highest BCUT2D eigenvalue weighted by molar-refractivity contribution is 6.07. The van der Waals surface area contributed by atoms with Gasteiger partial charge < -0.3 is 20.7 Å². The van der Waals surface area contributed by atoms with Gasteiger partial charge in [0.05, 0.1) is 22.5 Å². The predicted octanol–water partition coefficient (Wildman–Crippen LogP) is 3.84. The summed E-state index contributed by atoms with van der Waals surface area (Å²) in [5.41, 5.74) is 3.88. The summed E-state index contributed by atoms with van der Waals surface area (Å²) in [6.07, 6.45) is 4.38. The van der Waals surface area contributed by atoms with E-state index < -0.39 is 5.60 Å². The lowest BCUT2D eigenvalue weighted by molar-refractivity contribution is -0.118.